The molecule has 0 saturated carbocycles. The molecule has 0 aliphatic rings. The summed E-state index contributed by atoms with van der Waals surface area (Å²) in [5.41, 5.74) is 9.81. The lowest BCUT2D eigenvalue weighted by Crippen LogP contribution is -2.27. The van der Waals surface area contributed by atoms with Crippen LogP contribution < -0.4 is 25.4 Å². The number of nitrogens with one attached hydrogen (secondary N) is 1. The first-order chi connectivity index (χ1) is 14.0. The Labute approximate surface area is 170 Å². The maximum atomic E-state index is 12.7. The molecule has 0 bridgehead atoms. The van der Waals surface area contributed by atoms with Gasteiger partial charge >= 0.3 is 0 Å². The van der Waals surface area contributed by atoms with Crippen LogP contribution in [-0.4, -0.2) is 27.2 Å². The summed E-state index contributed by atoms with van der Waals surface area (Å²) < 4.78 is 10.6. The second-order valence-electron chi connectivity index (χ2n) is 6.54. The topological polar surface area (TPSA) is 76.8 Å². The van der Waals surface area contributed by atoms with Crippen LogP contribution in [-0.2, 0) is 6.54 Å². The maximum absolute atomic E-state index is 12.7. The molecule has 0 aliphatic heterocycles. The molecule has 150 valence electrons. The van der Waals surface area contributed by atoms with Crippen molar-refractivity contribution in [1.29, 1.82) is 0 Å². The second kappa shape index (κ2) is 9.01. The summed E-state index contributed by atoms with van der Waals surface area (Å²) in [5.74, 6) is 1.24. The third-order valence-corrected chi connectivity index (χ3v) is 4.68. The highest BCUT2D eigenvalue weighted by atomic mass is 16.5. The molecule has 0 aliphatic carbocycles. The van der Waals surface area contributed by atoms with Gasteiger partial charge in [0.25, 0.3) is 5.91 Å². The SMILES string of the molecule is COc1ccc(NCc2ccc(C(=O)N(C)c3ccccc3N)cc2)cc1OC. The zero-order chi connectivity index (χ0) is 20.8. The summed E-state index contributed by atoms with van der Waals surface area (Å²) in [6.45, 7) is 0.616. The van der Waals surface area contributed by atoms with Gasteiger partial charge in [-0.1, -0.05) is 24.3 Å². The summed E-state index contributed by atoms with van der Waals surface area (Å²) >= 11 is 0. The molecule has 0 saturated heterocycles. The van der Waals surface area contributed by atoms with Crippen LogP contribution in [0.2, 0.25) is 0 Å². The standard InChI is InChI=1S/C23H25N3O3/c1-26(20-7-5-4-6-19(20)24)23(27)17-10-8-16(9-11-17)15-25-18-12-13-21(28-2)22(14-18)29-3/h4-14,25H,15,24H2,1-3H3. The summed E-state index contributed by atoms with van der Waals surface area (Å²) in [4.78, 5) is 14.3. The van der Waals surface area contributed by atoms with E-state index in [-0.39, 0.29) is 5.91 Å². The molecule has 0 atom stereocenters. The molecule has 1 amide bonds. The average molecular weight is 391 g/mol. The van der Waals surface area contributed by atoms with Gasteiger partial charge in [0.05, 0.1) is 25.6 Å². The van der Waals surface area contributed by atoms with Crippen molar-refractivity contribution in [3.63, 3.8) is 0 Å². The highest BCUT2D eigenvalue weighted by Gasteiger charge is 2.15. The molecule has 3 N–H and O–H groups in total. The summed E-state index contributed by atoms with van der Waals surface area (Å²) in [6.07, 6.45) is 0. The Kier molecular flexibility index (Phi) is 6.24. The second-order valence-corrected chi connectivity index (χ2v) is 6.54. The van der Waals surface area contributed by atoms with Gasteiger partial charge in [0.15, 0.2) is 11.5 Å². The van der Waals surface area contributed by atoms with E-state index in [0.717, 1.165) is 11.3 Å². The number of benzene rings is 3. The number of nitrogen functional groups attached to an aromatic ring is 1. The molecule has 0 unspecified atom stereocenters. The summed E-state index contributed by atoms with van der Waals surface area (Å²) in [7, 11) is 4.94. The van der Waals surface area contributed by atoms with E-state index in [1.165, 1.54) is 0 Å². The molecular formula is C23H25N3O3. The van der Waals surface area contributed by atoms with Gasteiger partial charge in [-0.25, -0.2) is 0 Å². The van der Waals surface area contributed by atoms with E-state index in [1.54, 1.807) is 32.2 Å². The molecule has 0 spiro atoms. The van der Waals surface area contributed by atoms with Crippen LogP contribution in [0.25, 0.3) is 0 Å². The Morgan fingerprint density at radius 3 is 2.31 bits per heavy atom. The minimum absolute atomic E-state index is 0.109. The number of carbonyl (C=O) groups excluding carboxylic acids is 1. The van der Waals surface area contributed by atoms with Crippen molar-refractivity contribution in [3.05, 3.63) is 77.9 Å². The van der Waals surface area contributed by atoms with Gasteiger partial charge < -0.3 is 25.4 Å². The van der Waals surface area contributed by atoms with Crippen molar-refractivity contribution in [3.8, 4) is 11.5 Å². The fraction of sp³-hybridized carbons (Fsp3) is 0.174. The largest absolute Gasteiger partial charge is 0.493 e. The van der Waals surface area contributed by atoms with Gasteiger partial charge in [-0.3, -0.25) is 4.79 Å². The predicted molar refractivity (Wildman–Crippen MR) is 117 cm³/mol. The highest BCUT2D eigenvalue weighted by Crippen LogP contribution is 2.30. The molecule has 3 aromatic carbocycles. The van der Waals surface area contributed by atoms with Gasteiger partial charge in [-0.2, -0.15) is 0 Å². The average Bonchev–Trinajstić information content (AvgIpc) is 2.77. The molecule has 29 heavy (non-hydrogen) atoms. The molecule has 0 fully saturated rings. The lowest BCUT2D eigenvalue weighted by atomic mass is 10.1. The number of hydrogen-bond donors (Lipinski definition) is 2. The molecule has 6 heteroatoms. The number of anilines is 3. The van der Waals surface area contributed by atoms with E-state index in [2.05, 4.69) is 5.32 Å². The Balaban J connectivity index is 1.66. The first-order valence-corrected chi connectivity index (χ1v) is 9.21. The van der Waals surface area contributed by atoms with Crippen LogP contribution in [0.3, 0.4) is 0 Å². The van der Waals surface area contributed by atoms with Crippen LogP contribution >= 0.6 is 0 Å². The number of para-hydroxylation sites is 2. The van der Waals surface area contributed by atoms with Crippen molar-refractivity contribution in [2.75, 3.05) is 37.2 Å². The number of methoxy groups -OCH3 is 2. The van der Waals surface area contributed by atoms with E-state index in [4.69, 9.17) is 15.2 Å². The van der Waals surface area contributed by atoms with Crippen molar-refractivity contribution < 1.29 is 14.3 Å². The van der Waals surface area contributed by atoms with Crippen molar-refractivity contribution >= 4 is 23.0 Å². The predicted octanol–water partition coefficient (Wildman–Crippen LogP) is 4.17. The van der Waals surface area contributed by atoms with E-state index < -0.39 is 0 Å². The van der Waals surface area contributed by atoms with Crippen LogP contribution in [0.4, 0.5) is 17.1 Å². The first-order valence-electron chi connectivity index (χ1n) is 9.21. The third-order valence-electron chi connectivity index (χ3n) is 4.68. The molecule has 0 heterocycles. The number of hydrogen-bond acceptors (Lipinski definition) is 5. The first kappa shape index (κ1) is 20.1. The Bertz CT molecular complexity index is 987. The van der Waals surface area contributed by atoms with E-state index >= 15 is 0 Å². The fourth-order valence-electron chi connectivity index (χ4n) is 3.01. The molecule has 6 nitrogen and oxygen atoms in total. The van der Waals surface area contributed by atoms with E-state index in [9.17, 15) is 4.79 Å². The van der Waals surface area contributed by atoms with Crippen LogP contribution in [0.5, 0.6) is 11.5 Å². The van der Waals surface area contributed by atoms with Crippen LogP contribution in [0.1, 0.15) is 15.9 Å². The zero-order valence-corrected chi connectivity index (χ0v) is 16.8. The lowest BCUT2D eigenvalue weighted by molar-refractivity contribution is 0.0993. The van der Waals surface area contributed by atoms with Gasteiger partial charge in [0.1, 0.15) is 0 Å². The number of nitrogens with two attached hydrogens (primary N) is 1. The number of nitrogens with zero attached hydrogens (tertiary/aromatic N) is 1. The van der Waals surface area contributed by atoms with Crippen molar-refractivity contribution in [2.45, 2.75) is 6.54 Å². The minimum atomic E-state index is -0.109. The molecule has 0 radical (unpaired) electrons. The normalized spacial score (nSPS) is 10.3. The zero-order valence-electron chi connectivity index (χ0n) is 16.8. The Morgan fingerprint density at radius 1 is 0.966 bits per heavy atom. The van der Waals surface area contributed by atoms with Crippen LogP contribution in [0.15, 0.2) is 66.7 Å². The van der Waals surface area contributed by atoms with Crippen molar-refractivity contribution in [2.24, 2.45) is 0 Å². The smallest absolute Gasteiger partial charge is 0.258 e. The number of carbonyl (C=O) groups is 1. The van der Waals surface area contributed by atoms with Gasteiger partial charge in [-0.15, -0.1) is 0 Å². The van der Waals surface area contributed by atoms with Crippen LogP contribution in [0, 0.1) is 0 Å². The lowest BCUT2D eigenvalue weighted by Gasteiger charge is -2.19. The molecule has 0 aromatic heterocycles. The van der Waals surface area contributed by atoms with E-state index in [1.807, 2.05) is 60.7 Å². The number of ether oxygens (including phenoxy) is 2. The van der Waals surface area contributed by atoms with Gasteiger partial charge in [0, 0.05) is 30.9 Å². The van der Waals surface area contributed by atoms with Gasteiger partial charge in [0.2, 0.25) is 0 Å². The highest BCUT2D eigenvalue weighted by molar-refractivity contribution is 6.07. The molecule has 3 aromatic rings. The third kappa shape index (κ3) is 4.60. The summed E-state index contributed by atoms with van der Waals surface area (Å²) in [5, 5.41) is 3.34. The minimum Gasteiger partial charge on any atom is -0.493 e. The molecule has 3 rings (SSSR count). The Hall–Kier alpha value is -3.67. The monoisotopic (exact) mass is 391 g/mol. The molecular weight excluding hydrogens is 366 g/mol. The van der Waals surface area contributed by atoms with Gasteiger partial charge in [-0.05, 0) is 42.0 Å². The maximum Gasteiger partial charge on any atom is 0.258 e. The summed E-state index contributed by atoms with van der Waals surface area (Å²) in [6, 6.07) is 20.5. The quantitative estimate of drug-likeness (QED) is 0.591. The number of rotatable bonds is 7. The van der Waals surface area contributed by atoms with E-state index in [0.29, 0.717) is 35.0 Å². The fourth-order valence-corrected chi connectivity index (χ4v) is 3.01. The Morgan fingerprint density at radius 2 is 1.66 bits per heavy atom. The van der Waals surface area contributed by atoms with Crippen molar-refractivity contribution in [1.82, 2.24) is 0 Å². The number of amides is 1.